The Hall–Kier alpha value is -0.0800. The third-order valence-electron chi connectivity index (χ3n) is 2.96. The molecule has 1 fully saturated rings. The summed E-state index contributed by atoms with van der Waals surface area (Å²) in [6, 6.07) is 1.15. The third-order valence-corrected chi connectivity index (χ3v) is 2.96. The standard InChI is InChI=1S/C9H20N2.C2H6/c1-7-4-5-8(11(2)3)6-9(7)10;1-2/h7-9H,4-6,10H2,1-3H3;1-2H3. The van der Waals surface area contributed by atoms with Crippen LogP contribution in [0.1, 0.15) is 40.0 Å². The van der Waals surface area contributed by atoms with E-state index in [1.54, 1.807) is 0 Å². The summed E-state index contributed by atoms with van der Waals surface area (Å²) < 4.78 is 0. The summed E-state index contributed by atoms with van der Waals surface area (Å²) in [6.07, 6.45) is 3.79. The van der Waals surface area contributed by atoms with E-state index in [-0.39, 0.29) is 0 Å². The Morgan fingerprint density at radius 3 is 2.08 bits per heavy atom. The molecule has 2 N–H and O–H groups in total. The second-order valence-corrected chi connectivity index (χ2v) is 4.07. The van der Waals surface area contributed by atoms with Crippen LogP contribution in [-0.2, 0) is 0 Å². The minimum absolute atomic E-state index is 0.427. The van der Waals surface area contributed by atoms with E-state index in [9.17, 15) is 0 Å². The molecule has 0 radical (unpaired) electrons. The fraction of sp³-hybridized carbons (Fsp3) is 1.00. The Kier molecular flexibility index (Phi) is 6.35. The lowest BCUT2D eigenvalue weighted by Gasteiger charge is -2.35. The molecule has 0 aromatic rings. The van der Waals surface area contributed by atoms with Gasteiger partial charge in [0.2, 0.25) is 0 Å². The van der Waals surface area contributed by atoms with Crippen molar-refractivity contribution in [3.8, 4) is 0 Å². The van der Waals surface area contributed by atoms with Crippen molar-refractivity contribution in [2.24, 2.45) is 11.7 Å². The van der Waals surface area contributed by atoms with E-state index < -0.39 is 0 Å². The summed E-state index contributed by atoms with van der Waals surface area (Å²) in [5.41, 5.74) is 5.98. The Morgan fingerprint density at radius 2 is 1.69 bits per heavy atom. The summed E-state index contributed by atoms with van der Waals surface area (Å²) >= 11 is 0. The Bertz CT molecular complexity index is 123. The summed E-state index contributed by atoms with van der Waals surface area (Å²) in [5.74, 6) is 0.728. The summed E-state index contributed by atoms with van der Waals surface area (Å²) in [5, 5.41) is 0. The van der Waals surface area contributed by atoms with Crippen molar-refractivity contribution in [2.45, 2.75) is 52.1 Å². The number of nitrogens with zero attached hydrogens (tertiary/aromatic N) is 1. The molecule has 0 spiro atoms. The van der Waals surface area contributed by atoms with Gasteiger partial charge in [-0.1, -0.05) is 20.8 Å². The van der Waals surface area contributed by atoms with Crippen LogP contribution >= 0.6 is 0 Å². The van der Waals surface area contributed by atoms with Gasteiger partial charge in [0, 0.05) is 12.1 Å². The van der Waals surface area contributed by atoms with Gasteiger partial charge in [-0.3, -0.25) is 0 Å². The van der Waals surface area contributed by atoms with Gasteiger partial charge in [0.1, 0.15) is 0 Å². The van der Waals surface area contributed by atoms with Crippen LogP contribution in [0.25, 0.3) is 0 Å². The fourth-order valence-electron chi connectivity index (χ4n) is 1.80. The second-order valence-electron chi connectivity index (χ2n) is 4.07. The maximum Gasteiger partial charge on any atom is 0.0104 e. The quantitative estimate of drug-likeness (QED) is 0.679. The molecule has 0 bridgehead atoms. The predicted octanol–water partition coefficient (Wildman–Crippen LogP) is 2.09. The molecule has 0 aromatic heterocycles. The normalized spacial score (nSPS) is 33.9. The molecule has 80 valence electrons. The predicted molar refractivity (Wildman–Crippen MR) is 59.8 cm³/mol. The minimum Gasteiger partial charge on any atom is -0.327 e. The highest BCUT2D eigenvalue weighted by molar-refractivity contribution is 4.83. The average Bonchev–Trinajstić information content (AvgIpc) is 2.13. The van der Waals surface area contributed by atoms with E-state index >= 15 is 0 Å². The highest BCUT2D eigenvalue weighted by atomic mass is 15.1. The Labute approximate surface area is 83.5 Å². The zero-order valence-corrected chi connectivity index (χ0v) is 9.88. The van der Waals surface area contributed by atoms with E-state index in [0.29, 0.717) is 6.04 Å². The SMILES string of the molecule is CC.CC1CCC(N(C)C)CC1N. The first kappa shape index (κ1) is 12.9. The molecule has 2 nitrogen and oxygen atoms in total. The summed E-state index contributed by atoms with van der Waals surface area (Å²) in [4.78, 5) is 2.30. The monoisotopic (exact) mass is 186 g/mol. The van der Waals surface area contributed by atoms with Crippen molar-refractivity contribution in [3.05, 3.63) is 0 Å². The van der Waals surface area contributed by atoms with Gasteiger partial charge in [-0.05, 0) is 39.3 Å². The van der Waals surface area contributed by atoms with Gasteiger partial charge >= 0.3 is 0 Å². The highest BCUT2D eigenvalue weighted by Crippen LogP contribution is 2.24. The average molecular weight is 186 g/mol. The van der Waals surface area contributed by atoms with E-state index in [1.807, 2.05) is 13.8 Å². The maximum absolute atomic E-state index is 5.98. The minimum atomic E-state index is 0.427. The molecule has 0 aromatic carbocycles. The van der Waals surface area contributed by atoms with E-state index in [0.717, 1.165) is 12.0 Å². The Balaban J connectivity index is 0.000000671. The highest BCUT2D eigenvalue weighted by Gasteiger charge is 2.25. The lowest BCUT2D eigenvalue weighted by atomic mass is 9.83. The molecule has 2 heteroatoms. The van der Waals surface area contributed by atoms with Crippen molar-refractivity contribution in [1.29, 1.82) is 0 Å². The van der Waals surface area contributed by atoms with Crippen LogP contribution in [0.15, 0.2) is 0 Å². The fourth-order valence-corrected chi connectivity index (χ4v) is 1.80. The molecule has 3 atom stereocenters. The number of hydrogen-bond acceptors (Lipinski definition) is 2. The molecule has 1 saturated carbocycles. The lowest BCUT2D eigenvalue weighted by molar-refractivity contribution is 0.180. The van der Waals surface area contributed by atoms with Crippen molar-refractivity contribution in [3.63, 3.8) is 0 Å². The molecular formula is C11H26N2. The van der Waals surface area contributed by atoms with Crippen molar-refractivity contribution in [1.82, 2.24) is 4.90 Å². The van der Waals surface area contributed by atoms with Crippen LogP contribution in [-0.4, -0.2) is 31.1 Å². The van der Waals surface area contributed by atoms with Crippen molar-refractivity contribution in [2.75, 3.05) is 14.1 Å². The van der Waals surface area contributed by atoms with Crippen LogP contribution in [0.2, 0.25) is 0 Å². The van der Waals surface area contributed by atoms with Crippen molar-refractivity contribution < 1.29 is 0 Å². The van der Waals surface area contributed by atoms with Crippen LogP contribution < -0.4 is 5.73 Å². The molecular weight excluding hydrogens is 160 g/mol. The van der Waals surface area contributed by atoms with Crippen molar-refractivity contribution >= 4 is 0 Å². The van der Waals surface area contributed by atoms with Gasteiger partial charge in [-0.15, -0.1) is 0 Å². The smallest absolute Gasteiger partial charge is 0.0104 e. The molecule has 0 aliphatic heterocycles. The first-order chi connectivity index (χ1) is 6.11. The Morgan fingerprint density at radius 1 is 1.15 bits per heavy atom. The summed E-state index contributed by atoms with van der Waals surface area (Å²) in [7, 11) is 4.29. The van der Waals surface area contributed by atoms with Crippen LogP contribution in [0.3, 0.4) is 0 Å². The van der Waals surface area contributed by atoms with Gasteiger partial charge in [0.15, 0.2) is 0 Å². The first-order valence-electron chi connectivity index (χ1n) is 5.53. The topological polar surface area (TPSA) is 29.3 Å². The second kappa shape index (κ2) is 6.39. The van der Waals surface area contributed by atoms with Gasteiger partial charge < -0.3 is 10.6 Å². The van der Waals surface area contributed by atoms with E-state index in [2.05, 4.69) is 25.9 Å². The number of rotatable bonds is 1. The molecule has 1 rings (SSSR count). The molecule has 0 saturated heterocycles. The maximum atomic E-state index is 5.98. The van der Waals surface area contributed by atoms with Gasteiger partial charge in [-0.25, -0.2) is 0 Å². The van der Waals surface area contributed by atoms with Crippen LogP contribution in [0, 0.1) is 5.92 Å². The number of hydrogen-bond donors (Lipinski definition) is 1. The molecule has 13 heavy (non-hydrogen) atoms. The largest absolute Gasteiger partial charge is 0.327 e. The van der Waals surface area contributed by atoms with E-state index in [1.165, 1.54) is 19.3 Å². The molecule has 1 aliphatic carbocycles. The zero-order valence-electron chi connectivity index (χ0n) is 9.88. The molecule has 0 heterocycles. The van der Waals surface area contributed by atoms with E-state index in [4.69, 9.17) is 5.73 Å². The lowest BCUT2D eigenvalue weighted by Crippen LogP contribution is -2.42. The first-order valence-corrected chi connectivity index (χ1v) is 5.53. The van der Waals surface area contributed by atoms with Gasteiger partial charge in [0.25, 0.3) is 0 Å². The van der Waals surface area contributed by atoms with Crippen LogP contribution in [0.4, 0.5) is 0 Å². The van der Waals surface area contributed by atoms with Gasteiger partial charge in [-0.2, -0.15) is 0 Å². The molecule has 0 amide bonds. The third kappa shape index (κ3) is 4.10. The van der Waals surface area contributed by atoms with Gasteiger partial charge in [0.05, 0.1) is 0 Å². The summed E-state index contributed by atoms with van der Waals surface area (Å²) in [6.45, 7) is 6.26. The zero-order chi connectivity index (χ0) is 10.4. The van der Waals surface area contributed by atoms with Crippen LogP contribution in [0.5, 0.6) is 0 Å². The molecule has 3 unspecified atom stereocenters. The number of nitrogens with two attached hydrogens (primary N) is 1. The molecule has 1 aliphatic rings.